The Morgan fingerprint density at radius 2 is 2.16 bits per heavy atom. The Kier molecular flexibility index (Phi) is 5.37. The lowest BCUT2D eigenvalue weighted by Crippen LogP contribution is -2.42. The molecule has 0 saturated carbocycles. The predicted octanol–water partition coefficient (Wildman–Crippen LogP) is 3.02. The Labute approximate surface area is 119 Å². The fourth-order valence-electron chi connectivity index (χ4n) is 2.46. The zero-order valence-electron chi connectivity index (χ0n) is 11.3. The first-order valence-electron chi connectivity index (χ1n) is 6.81. The van der Waals surface area contributed by atoms with Crippen molar-refractivity contribution in [3.05, 3.63) is 34.9 Å². The van der Waals surface area contributed by atoms with Crippen LogP contribution >= 0.6 is 11.6 Å². The van der Waals surface area contributed by atoms with E-state index in [0.29, 0.717) is 11.6 Å². The van der Waals surface area contributed by atoms with Gasteiger partial charge in [0.1, 0.15) is 0 Å². The minimum Gasteiger partial charge on any atom is -0.377 e. The highest BCUT2D eigenvalue weighted by Crippen LogP contribution is 2.15. The molecule has 1 aliphatic rings. The van der Waals surface area contributed by atoms with E-state index >= 15 is 0 Å². The molecule has 0 N–H and O–H groups in total. The first-order chi connectivity index (χ1) is 9.19. The average molecular weight is 282 g/mol. The van der Waals surface area contributed by atoms with Crippen LogP contribution in [0.25, 0.3) is 0 Å². The molecule has 4 heteroatoms. The highest BCUT2D eigenvalue weighted by atomic mass is 35.5. The minimum atomic E-state index is 0.147. The molecule has 0 aliphatic carbocycles. The molecule has 0 bridgehead atoms. The van der Waals surface area contributed by atoms with Crippen LogP contribution in [0.3, 0.4) is 0 Å². The van der Waals surface area contributed by atoms with Crippen LogP contribution in [0.4, 0.5) is 0 Å². The zero-order chi connectivity index (χ0) is 13.7. The Balaban J connectivity index is 1.89. The number of benzene rings is 1. The SMILES string of the molecule is CCOC1CCCN(CC(=O)c2ccc(Cl)cc2)C1. The third kappa shape index (κ3) is 4.30. The molecule has 1 unspecified atom stereocenters. The van der Waals surface area contributed by atoms with E-state index in [1.165, 1.54) is 0 Å². The lowest BCUT2D eigenvalue weighted by molar-refractivity contribution is 0.00718. The quantitative estimate of drug-likeness (QED) is 0.777. The highest BCUT2D eigenvalue weighted by molar-refractivity contribution is 6.30. The molecule has 2 rings (SSSR count). The lowest BCUT2D eigenvalue weighted by atomic mass is 10.1. The van der Waals surface area contributed by atoms with Crippen LogP contribution in [0, 0.1) is 0 Å². The third-order valence-corrected chi connectivity index (χ3v) is 3.65. The fourth-order valence-corrected chi connectivity index (χ4v) is 2.58. The van der Waals surface area contributed by atoms with Crippen molar-refractivity contribution in [3.8, 4) is 0 Å². The summed E-state index contributed by atoms with van der Waals surface area (Å²) in [5, 5.41) is 0.658. The second kappa shape index (κ2) is 7.04. The molecule has 3 nitrogen and oxygen atoms in total. The lowest BCUT2D eigenvalue weighted by Gasteiger charge is -2.31. The van der Waals surface area contributed by atoms with Crippen LogP contribution in [0.1, 0.15) is 30.1 Å². The molecule has 19 heavy (non-hydrogen) atoms. The van der Waals surface area contributed by atoms with E-state index < -0.39 is 0 Å². The second-order valence-corrected chi connectivity index (χ2v) is 5.32. The number of rotatable bonds is 5. The van der Waals surface area contributed by atoms with Gasteiger partial charge in [0.25, 0.3) is 0 Å². The molecule has 0 aromatic heterocycles. The number of hydrogen-bond donors (Lipinski definition) is 0. The number of likely N-dealkylation sites (tertiary alicyclic amines) is 1. The van der Waals surface area contributed by atoms with Gasteiger partial charge in [0.2, 0.25) is 0 Å². The van der Waals surface area contributed by atoms with Gasteiger partial charge in [0.15, 0.2) is 5.78 Å². The molecule has 0 amide bonds. The van der Waals surface area contributed by atoms with Crippen LogP contribution in [-0.4, -0.2) is 43.0 Å². The van der Waals surface area contributed by atoms with Gasteiger partial charge in [0, 0.05) is 23.7 Å². The highest BCUT2D eigenvalue weighted by Gasteiger charge is 2.22. The molecule has 1 aliphatic heterocycles. The summed E-state index contributed by atoms with van der Waals surface area (Å²) < 4.78 is 5.65. The van der Waals surface area contributed by atoms with E-state index in [2.05, 4.69) is 4.90 Å². The number of piperidine rings is 1. The van der Waals surface area contributed by atoms with Gasteiger partial charge in [-0.25, -0.2) is 0 Å². The van der Waals surface area contributed by atoms with Gasteiger partial charge in [0.05, 0.1) is 12.6 Å². The maximum atomic E-state index is 12.2. The number of Topliss-reactive ketones (excluding diaryl/α,β-unsaturated/α-hetero) is 1. The Morgan fingerprint density at radius 3 is 2.84 bits per heavy atom. The molecule has 1 aromatic rings. The van der Waals surface area contributed by atoms with Gasteiger partial charge >= 0.3 is 0 Å². The zero-order valence-corrected chi connectivity index (χ0v) is 12.0. The van der Waals surface area contributed by atoms with E-state index in [1.54, 1.807) is 24.3 Å². The summed E-state index contributed by atoms with van der Waals surface area (Å²) in [4.78, 5) is 14.3. The van der Waals surface area contributed by atoms with Gasteiger partial charge in [-0.1, -0.05) is 11.6 Å². The number of carbonyl (C=O) groups excluding carboxylic acids is 1. The summed E-state index contributed by atoms with van der Waals surface area (Å²) in [7, 11) is 0. The normalized spacial score (nSPS) is 20.4. The van der Waals surface area contributed by atoms with Crippen molar-refractivity contribution in [2.75, 3.05) is 26.2 Å². The molecule has 0 spiro atoms. The molecule has 1 atom stereocenters. The van der Waals surface area contributed by atoms with Crippen molar-refractivity contribution in [2.45, 2.75) is 25.9 Å². The molecule has 1 aromatic carbocycles. The monoisotopic (exact) mass is 281 g/mol. The number of halogens is 1. The van der Waals surface area contributed by atoms with Crippen molar-refractivity contribution < 1.29 is 9.53 Å². The number of hydrogen-bond acceptors (Lipinski definition) is 3. The third-order valence-electron chi connectivity index (χ3n) is 3.40. The molecule has 1 fully saturated rings. The Hall–Kier alpha value is -0.900. The van der Waals surface area contributed by atoms with Gasteiger partial charge in [-0.15, -0.1) is 0 Å². The van der Waals surface area contributed by atoms with Crippen LogP contribution < -0.4 is 0 Å². The topological polar surface area (TPSA) is 29.5 Å². The van der Waals surface area contributed by atoms with Crippen molar-refractivity contribution in [1.29, 1.82) is 0 Å². The van der Waals surface area contributed by atoms with E-state index in [4.69, 9.17) is 16.3 Å². The molecular weight excluding hydrogens is 262 g/mol. The molecule has 0 radical (unpaired) electrons. The Bertz CT molecular complexity index is 417. The van der Waals surface area contributed by atoms with Crippen LogP contribution in [0.2, 0.25) is 5.02 Å². The summed E-state index contributed by atoms with van der Waals surface area (Å²) in [5.41, 5.74) is 0.725. The second-order valence-electron chi connectivity index (χ2n) is 4.88. The largest absolute Gasteiger partial charge is 0.377 e. The van der Waals surface area contributed by atoms with Gasteiger partial charge in [-0.3, -0.25) is 9.69 Å². The van der Waals surface area contributed by atoms with Crippen LogP contribution in [0.15, 0.2) is 24.3 Å². The predicted molar refractivity (Wildman–Crippen MR) is 76.9 cm³/mol. The van der Waals surface area contributed by atoms with Crippen LogP contribution in [0.5, 0.6) is 0 Å². The van der Waals surface area contributed by atoms with Crippen molar-refractivity contribution in [3.63, 3.8) is 0 Å². The fraction of sp³-hybridized carbons (Fsp3) is 0.533. The maximum Gasteiger partial charge on any atom is 0.176 e. The number of ketones is 1. The number of nitrogens with zero attached hydrogens (tertiary/aromatic N) is 1. The van der Waals surface area contributed by atoms with E-state index in [1.807, 2.05) is 6.92 Å². The first-order valence-corrected chi connectivity index (χ1v) is 7.19. The van der Waals surface area contributed by atoms with Crippen molar-refractivity contribution in [2.24, 2.45) is 0 Å². The number of carbonyl (C=O) groups is 1. The van der Waals surface area contributed by atoms with E-state index in [0.717, 1.165) is 38.1 Å². The molecular formula is C15H20ClNO2. The molecule has 1 saturated heterocycles. The minimum absolute atomic E-state index is 0.147. The van der Waals surface area contributed by atoms with Crippen molar-refractivity contribution in [1.82, 2.24) is 4.90 Å². The van der Waals surface area contributed by atoms with E-state index in [9.17, 15) is 4.79 Å². The van der Waals surface area contributed by atoms with Gasteiger partial charge in [-0.05, 0) is 50.6 Å². The van der Waals surface area contributed by atoms with Crippen molar-refractivity contribution >= 4 is 17.4 Å². The maximum absolute atomic E-state index is 12.2. The van der Waals surface area contributed by atoms with Gasteiger partial charge in [-0.2, -0.15) is 0 Å². The molecule has 104 valence electrons. The average Bonchev–Trinajstić information content (AvgIpc) is 2.40. The summed E-state index contributed by atoms with van der Waals surface area (Å²) >= 11 is 5.82. The first kappa shape index (κ1) is 14.5. The summed E-state index contributed by atoms with van der Waals surface area (Å²) in [6.45, 7) is 5.04. The molecule has 1 heterocycles. The summed E-state index contributed by atoms with van der Waals surface area (Å²) in [5.74, 6) is 0.147. The number of ether oxygens (including phenoxy) is 1. The van der Waals surface area contributed by atoms with Crippen LogP contribution in [-0.2, 0) is 4.74 Å². The smallest absolute Gasteiger partial charge is 0.176 e. The summed E-state index contributed by atoms with van der Waals surface area (Å²) in [6.07, 6.45) is 2.47. The standard InChI is InChI=1S/C15H20ClNO2/c1-2-19-14-4-3-9-17(10-14)11-15(18)12-5-7-13(16)8-6-12/h5-8,14H,2-4,9-11H2,1H3. The Morgan fingerprint density at radius 1 is 1.42 bits per heavy atom. The van der Waals surface area contributed by atoms with Gasteiger partial charge < -0.3 is 4.74 Å². The summed E-state index contributed by atoms with van der Waals surface area (Å²) in [6, 6.07) is 7.09. The van der Waals surface area contributed by atoms with E-state index in [-0.39, 0.29) is 11.9 Å².